The Hall–Kier alpha value is -2.82. The van der Waals surface area contributed by atoms with Gasteiger partial charge in [-0.05, 0) is 23.8 Å². The lowest BCUT2D eigenvalue weighted by Crippen LogP contribution is -2.22. The molecule has 2 aromatic heterocycles. The Bertz CT molecular complexity index is 688. The summed E-state index contributed by atoms with van der Waals surface area (Å²) in [4.78, 5) is 15.9. The zero-order chi connectivity index (χ0) is 13.8. The summed E-state index contributed by atoms with van der Waals surface area (Å²) in [6.45, 7) is 0.424. The van der Waals surface area contributed by atoms with Crippen molar-refractivity contribution in [3.63, 3.8) is 0 Å². The molecule has 0 radical (unpaired) electrons. The Morgan fingerprint density at radius 1 is 1.25 bits per heavy atom. The number of carbonyl (C=O) groups excluding carboxylic acids is 1. The average Bonchev–Trinajstić information content (AvgIpc) is 3.17. The van der Waals surface area contributed by atoms with Crippen molar-refractivity contribution in [1.82, 2.24) is 14.9 Å². The SMILES string of the molecule is O=C(NCc1ccccc1-n1ccnc1)c1ccco1. The van der Waals surface area contributed by atoms with Gasteiger partial charge in [-0.2, -0.15) is 0 Å². The standard InChI is InChI=1S/C15H13N3O2/c19-15(14-6-3-9-20-14)17-10-12-4-1-2-5-13(12)18-8-7-16-11-18/h1-9,11H,10H2,(H,17,19). The van der Waals surface area contributed by atoms with Crippen LogP contribution in [0.2, 0.25) is 0 Å². The molecule has 0 fully saturated rings. The van der Waals surface area contributed by atoms with E-state index in [1.807, 2.05) is 35.0 Å². The molecule has 0 bridgehead atoms. The third kappa shape index (κ3) is 2.47. The molecule has 0 aliphatic rings. The maximum atomic E-state index is 11.9. The quantitative estimate of drug-likeness (QED) is 0.789. The van der Waals surface area contributed by atoms with Crippen LogP contribution in [0.4, 0.5) is 0 Å². The fourth-order valence-electron chi connectivity index (χ4n) is 1.98. The van der Waals surface area contributed by atoms with Crippen LogP contribution in [0.1, 0.15) is 16.1 Å². The van der Waals surface area contributed by atoms with E-state index in [-0.39, 0.29) is 5.91 Å². The van der Waals surface area contributed by atoms with Crippen molar-refractivity contribution in [2.75, 3.05) is 0 Å². The van der Waals surface area contributed by atoms with Crippen molar-refractivity contribution in [2.24, 2.45) is 0 Å². The second-order valence-corrected chi connectivity index (χ2v) is 4.26. The molecule has 0 spiro atoms. The molecule has 1 amide bonds. The molecule has 5 heteroatoms. The lowest BCUT2D eigenvalue weighted by atomic mass is 10.1. The Balaban J connectivity index is 1.77. The van der Waals surface area contributed by atoms with E-state index in [0.717, 1.165) is 11.3 Å². The van der Waals surface area contributed by atoms with Crippen molar-refractivity contribution in [1.29, 1.82) is 0 Å². The van der Waals surface area contributed by atoms with Crippen molar-refractivity contribution in [2.45, 2.75) is 6.54 Å². The van der Waals surface area contributed by atoms with Gasteiger partial charge in [-0.15, -0.1) is 0 Å². The number of hydrogen-bond acceptors (Lipinski definition) is 3. The molecule has 0 saturated heterocycles. The summed E-state index contributed by atoms with van der Waals surface area (Å²) < 4.78 is 6.97. The molecule has 0 atom stereocenters. The highest BCUT2D eigenvalue weighted by Gasteiger charge is 2.09. The molecule has 1 aromatic carbocycles. The zero-order valence-corrected chi connectivity index (χ0v) is 10.7. The minimum atomic E-state index is -0.226. The lowest BCUT2D eigenvalue weighted by Gasteiger charge is -2.10. The van der Waals surface area contributed by atoms with Gasteiger partial charge in [-0.25, -0.2) is 4.98 Å². The number of benzene rings is 1. The highest BCUT2D eigenvalue weighted by atomic mass is 16.3. The van der Waals surface area contributed by atoms with E-state index in [9.17, 15) is 4.79 Å². The summed E-state index contributed by atoms with van der Waals surface area (Å²) in [5.41, 5.74) is 2.00. The van der Waals surface area contributed by atoms with Crippen LogP contribution >= 0.6 is 0 Å². The normalized spacial score (nSPS) is 10.4. The maximum Gasteiger partial charge on any atom is 0.287 e. The van der Waals surface area contributed by atoms with Gasteiger partial charge in [-0.3, -0.25) is 4.79 Å². The van der Waals surface area contributed by atoms with Crippen LogP contribution in [0, 0.1) is 0 Å². The summed E-state index contributed by atoms with van der Waals surface area (Å²) in [7, 11) is 0. The number of nitrogens with one attached hydrogen (secondary N) is 1. The van der Waals surface area contributed by atoms with Crippen LogP contribution in [0.15, 0.2) is 65.8 Å². The summed E-state index contributed by atoms with van der Waals surface area (Å²) >= 11 is 0. The minimum Gasteiger partial charge on any atom is -0.459 e. The highest BCUT2D eigenvalue weighted by molar-refractivity contribution is 5.91. The highest BCUT2D eigenvalue weighted by Crippen LogP contribution is 2.14. The van der Waals surface area contributed by atoms with E-state index in [1.165, 1.54) is 6.26 Å². The van der Waals surface area contributed by atoms with Crippen molar-refractivity contribution >= 4 is 5.91 Å². The number of hydrogen-bond donors (Lipinski definition) is 1. The van der Waals surface area contributed by atoms with Gasteiger partial charge in [0.2, 0.25) is 0 Å². The molecular formula is C15H13N3O2. The summed E-state index contributed by atoms with van der Waals surface area (Å²) in [6.07, 6.45) is 6.80. The number of furan rings is 1. The number of para-hydroxylation sites is 1. The van der Waals surface area contributed by atoms with Gasteiger partial charge in [0.05, 0.1) is 18.3 Å². The van der Waals surface area contributed by atoms with Gasteiger partial charge in [0.15, 0.2) is 5.76 Å². The van der Waals surface area contributed by atoms with Gasteiger partial charge in [-0.1, -0.05) is 18.2 Å². The third-order valence-corrected chi connectivity index (χ3v) is 2.96. The zero-order valence-electron chi connectivity index (χ0n) is 10.7. The van der Waals surface area contributed by atoms with Gasteiger partial charge in [0, 0.05) is 18.9 Å². The van der Waals surface area contributed by atoms with Crippen molar-refractivity contribution in [3.05, 3.63) is 72.7 Å². The minimum absolute atomic E-state index is 0.226. The molecule has 0 aliphatic carbocycles. The van der Waals surface area contributed by atoms with Gasteiger partial charge < -0.3 is 14.3 Å². The number of imidazole rings is 1. The fourth-order valence-corrected chi connectivity index (χ4v) is 1.98. The number of amides is 1. The van der Waals surface area contributed by atoms with E-state index < -0.39 is 0 Å². The molecule has 0 aliphatic heterocycles. The van der Waals surface area contributed by atoms with Crippen LogP contribution in [-0.2, 0) is 6.54 Å². The summed E-state index contributed by atoms with van der Waals surface area (Å²) in [6, 6.07) is 11.2. The first-order valence-corrected chi connectivity index (χ1v) is 6.22. The van der Waals surface area contributed by atoms with E-state index in [0.29, 0.717) is 12.3 Å². The molecule has 3 rings (SSSR count). The van der Waals surface area contributed by atoms with Crippen molar-refractivity contribution < 1.29 is 9.21 Å². The Morgan fingerprint density at radius 3 is 2.90 bits per heavy atom. The Labute approximate surface area is 115 Å². The van der Waals surface area contributed by atoms with Gasteiger partial charge >= 0.3 is 0 Å². The summed E-state index contributed by atoms with van der Waals surface area (Å²) in [5.74, 6) is 0.0838. The third-order valence-electron chi connectivity index (χ3n) is 2.96. The number of nitrogens with zero attached hydrogens (tertiary/aromatic N) is 2. The molecule has 2 heterocycles. The molecule has 1 N–H and O–H groups in total. The van der Waals surface area contributed by atoms with E-state index in [1.54, 1.807) is 24.7 Å². The largest absolute Gasteiger partial charge is 0.459 e. The molecule has 3 aromatic rings. The van der Waals surface area contributed by atoms with E-state index in [2.05, 4.69) is 10.3 Å². The lowest BCUT2D eigenvalue weighted by molar-refractivity contribution is 0.0923. The van der Waals surface area contributed by atoms with Crippen LogP contribution in [0.3, 0.4) is 0 Å². The second kappa shape index (κ2) is 5.44. The molecule has 5 nitrogen and oxygen atoms in total. The molecule has 0 saturated carbocycles. The topological polar surface area (TPSA) is 60.1 Å². The summed E-state index contributed by atoms with van der Waals surface area (Å²) in [5, 5.41) is 2.84. The number of aromatic nitrogens is 2. The first-order valence-electron chi connectivity index (χ1n) is 6.22. The van der Waals surface area contributed by atoms with Crippen molar-refractivity contribution in [3.8, 4) is 5.69 Å². The monoisotopic (exact) mass is 267 g/mol. The molecule has 0 unspecified atom stereocenters. The predicted molar refractivity (Wildman–Crippen MR) is 73.4 cm³/mol. The number of rotatable bonds is 4. The van der Waals surface area contributed by atoms with Crippen LogP contribution in [-0.4, -0.2) is 15.5 Å². The van der Waals surface area contributed by atoms with Crippen LogP contribution in [0.25, 0.3) is 5.69 Å². The molecule has 20 heavy (non-hydrogen) atoms. The smallest absolute Gasteiger partial charge is 0.287 e. The Kier molecular flexibility index (Phi) is 3.33. The van der Waals surface area contributed by atoms with Gasteiger partial charge in [0.1, 0.15) is 0 Å². The average molecular weight is 267 g/mol. The van der Waals surface area contributed by atoms with E-state index in [4.69, 9.17) is 4.42 Å². The predicted octanol–water partition coefficient (Wildman–Crippen LogP) is 2.40. The number of carbonyl (C=O) groups is 1. The Morgan fingerprint density at radius 2 is 2.15 bits per heavy atom. The molecular weight excluding hydrogens is 254 g/mol. The first-order chi connectivity index (χ1) is 9.84. The van der Waals surface area contributed by atoms with Crippen LogP contribution < -0.4 is 5.32 Å². The second-order valence-electron chi connectivity index (χ2n) is 4.26. The first kappa shape index (κ1) is 12.2. The van der Waals surface area contributed by atoms with E-state index >= 15 is 0 Å². The maximum absolute atomic E-state index is 11.9. The van der Waals surface area contributed by atoms with Gasteiger partial charge in [0.25, 0.3) is 5.91 Å². The van der Waals surface area contributed by atoms with Crippen LogP contribution in [0.5, 0.6) is 0 Å². The molecule has 100 valence electrons. The fraction of sp³-hybridized carbons (Fsp3) is 0.0667.